The van der Waals surface area contributed by atoms with Gasteiger partial charge in [-0.15, -0.1) is 0 Å². The molecule has 8 heteroatoms. The van der Waals surface area contributed by atoms with Crippen LogP contribution in [0, 0.1) is 5.82 Å². The molecule has 1 aliphatic heterocycles. The number of anilines is 1. The lowest BCUT2D eigenvalue weighted by molar-refractivity contribution is 0.593. The summed E-state index contributed by atoms with van der Waals surface area (Å²) in [4.78, 5) is 7.51. The van der Waals surface area contributed by atoms with Crippen LogP contribution in [-0.4, -0.2) is 29.9 Å². The minimum atomic E-state index is -3.39. The lowest BCUT2D eigenvalue weighted by atomic mass is 10.1. The van der Waals surface area contributed by atoms with Gasteiger partial charge in [0.25, 0.3) is 0 Å². The van der Waals surface area contributed by atoms with Crippen molar-refractivity contribution < 1.29 is 12.8 Å². The summed E-state index contributed by atoms with van der Waals surface area (Å²) in [5, 5.41) is 4.24. The van der Waals surface area contributed by atoms with Gasteiger partial charge < -0.3 is 4.98 Å². The van der Waals surface area contributed by atoms with Crippen molar-refractivity contribution in [3.8, 4) is 0 Å². The van der Waals surface area contributed by atoms with Crippen LogP contribution >= 0.6 is 0 Å². The number of sulfone groups is 1. The van der Waals surface area contributed by atoms with Crippen LogP contribution in [-0.2, 0) is 9.84 Å². The van der Waals surface area contributed by atoms with E-state index in [2.05, 4.69) is 20.5 Å². The Balaban J connectivity index is 1.71. The number of halogens is 1. The highest BCUT2D eigenvalue weighted by molar-refractivity contribution is 7.91. The molecule has 2 aromatic carbocycles. The minimum absolute atomic E-state index is 0.0493. The summed E-state index contributed by atoms with van der Waals surface area (Å²) < 4.78 is 37.7. The van der Waals surface area contributed by atoms with E-state index < -0.39 is 15.7 Å². The third kappa shape index (κ3) is 2.54. The number of nitrogens with one attached hydrogen (secondary N) is 2. The molecule has 3 aromatic rings. The van der Waals surface area contributed by atoms with Crippen molar-refractivity contribution in [2.24, 2.45) is 5.10 Å². The van der Waals surface area contributed by atoms with Gasteiger partial charge in [-0.1, -0.05) is 12.1 Å². The van der Waals surface area contributed by atoms with E-state index in [4.69, 9.17) is 0 Å². The second kappa shape index (κ2) is 5.41. The Kier molecular flexibility index (Phi) is 3.34. The van der Waals surface area contributed by atoms with Crippen LogP contribution in [0.3, 0.4) is 0 Å². The van der Waals surface area contributed by atoms with E-state index in [0.717, 1.165) is 17.1 Å². The highest BCUT2D eigenvalue weighted by atomic mass is 32.2. The number of hydrazone groups is 1. The molecular weight excluding hydrogens is 331 g/mol. The molecule has 0 bridgehead atoms. The van der Waals surface area contributed by atoms with Gasteiger partial charge in [0.05, 0.1) is 27.4 Å². The van der Waals surface area contributed by atoms with Crippen LogP contribution in [0.4, 0.5) is 10.3 Å². The predicted molar refractivity (Wildman–Crippen MR) is 89.3 cm³/mol. The molecule has 0 atom stereocenters. The van der Waals surface area contributed by atoms with Gasteiger partial charge in [0.2, 0.25) is 5.95 Å². The molecule has 0 aliphatic carbocycles. The van der Waals surface area contributed by atoms with Crippen LogP contribution < -0.4 is 5.43 Å². The number of fused-ring (bicyclic) bond motifs is 2. The van der Waals surface area contributed by atoms with E-state index in [1.54, 1.807) is 0 Å². The van der Waals surface area contributed by atoms with E-state index in [0.29, 0.717) is 17.2 Å². The van der Waals surface area contributed by atoms with E-state index in [1.165, 1.54) is 12.1 Å². The first kappa shape index (κ1) is 14.8. The quantitative estimate of drug-likeness (QED) is 0.553. The molecule has 0 amide bonds. The Bertz CT molecular complexity index is 1040. The highest BCUT2D eigenvalue weighted by Gasteiger charge is 2.28. The Morgan fingerprint density at radius 2 is 2.04 bits per heavy atom. The smallest absolute Gasteiger partial charge is 0.222 e. The largest absolute Gasteiger partial charge is 0.323 e. The van der Waals surface area contributed by atoms with Gasteiger partial charge in [-0.3, -0.25) is 0 Å². The summed E-state index contributed by atoms with van der Waals surface area (Å²) in [5.74, 6) is -0.107. The SMILES string of the molecule is O=S1(=O)CC/C(=N\Nc2nc3ccccc3[nH]2)c2cc(F)ccc21. The maximum atomic E-state index is 13.5. The topological polar surface area (TPSA) is 87.2 Å². The van der Waals surface area contributed by atoms with Crippen LogP contribution in [0.15, 0.2) is 52.5 Å². The first-order valence-electron chi connectivity index (χ1n) is 7.33. The van der Waals surface area contributed by atoms with Crippen LogP contribution in [0.5, 0.6) is 0 Å². The summed E-state index contributed by atoms with van der Waals surface area (Å²) in [5.41, 5.74) is 5.23. The summed E-state index contributed by atoms with van der Waals surface area (Å²) in [6.45, 7) is 0. The molecule has 0 fully saturated rings. The maximum absolute atomic E-state index is 13.5. The molecule has 24 heavy (non-hydrogen) atoms. The number of hydrogen-bond donors (Lipinski definition) is 2. The number of aromatic amines is 1. The molecule has 1 aliphatic rings. The number of rotatable bonds is 2. The fraction of sp³-hybridized carbons (Fsp3) is 0.125. The van der Waals surface area contributed by atoms with Gasteiger partial charge in [-0.2, -0.15) is 5.10 Å². The summed E-state index contributed by atoms with van der Waals surface area (Å²) in [6, 6.07) is 11.2. The summed E-state index contributed by atoms with van der Waals surface area (Å²) in [7, 11) is -3.39. The van der Waals surface area contributed by atoms with E-state index >= 15 is 0 Å². The lowest BCUT2D eigenvalue weighted by Crippen LogP contribution is -2.23. The molecule has 6 nitrogen and oxygen atoms in total. The van der Waals surface area contributed by atoms with Crippen LogP contribution in [0.2, 0.25) is 0 Å². The lowest BCUT2D eigenvalue weighted by Gasteiger charge is -2.18. The Hall–Kier alpha value is -2.74. The standard InChI is InChI=1S/C16H13FN4O2S/c17-10-5-6-15-11(9-10)12(7-8-24(15,22)23)20-21-16-18-13-3-1-2-4-14(13)19-16/h1-6,9H,7-8H2,(H2,18,19,21)/b20-12+. The predicted octanol–water partition coefficient (Wildman–Crippen LogP) is 2.70. The van der Waals surface area contributed by atoms with Crippen molar-refractivity contribution >= 4 is 32.5 Å². The van der Waals surface area contributed by atoms with Crippen molar-refractivity contribution in [3.63, 3.8) is 0 Å². The highest BCUT2D eigenvalue weighted by Crippen LogP contribution is 2.26. The van der Waals surface area contributed by atoms with Crippen LogP contribution in [0.1, 0.15) is 12.0 Å². The third-order valence-electron chi connectivity index (χ3n) is 3.88. The van der Waals surface area contributed by atoms with Crippen molar-refractivity contribution in [3.05, 3.63) is 53.8 Å². The molecule has 2 N–H and O–H groups in total. The fourth-order valence-electron chi connectivity index (χ4n) is 2.72. The second-order valence-electron chi connectivity index (χ2n) is 5.48. The zero-order valence-corrected chi connectivity index (χ0v) is 13.3. The molecule has 0 saturated carbocycles. The number of aromatic nitrogens is 2. The van der Waals surface area contributed by atoms with Gasteiger partial charge in [0, 0.05) is 12.0 Å². The average molecular weight is 344 g/mol. The molecule has 122 valence electrons. The number of para-hydroxylation sites is 2. The number of benzene rings is 2. The van der Waals surface area contributed by atoms with Crippen molar-refractivity contribution in [1.82, 2.24) is 9.97 Å². The molecule has 1 aromatic heterocycles. The first-order valence-corrected chi connectivity index (χ1v) is 8.98. The monoisotopic (exact) mass is 344 g/mol. The minimum Gasteiger partial charge on any atom is -0.323 e. The number of imidazole rings is 1. The first-order chi connectivity index (χ1) is 11.5. The van der Waals surface area contributed by atoms with Gasteiger partial charge in [0.15, 0.2) is 9.84 Å². The van der Waals surface area contributed by atoms with Gasteiger partial charge in [0.1, 0.15) is 5.82 Å². The molecule has 4 rings (SSSR count). The molecule has 0 saturated heterocycles. The Morgan fingerprint density at radius 1 is 1.21 bits per heavy atom. The second-order valence-corrected chi connectivity index (χ2v) is 7.56. The van der Waals surface area contributed by atoms with Gasteiger partial charge in [-0.25, -0.2) is 23.2 Å². The normalized spacial score (nSPS) is 17.8. The zero-order chi connectivity index (χ0) is 16.7. The van der Waals surface area contributed by atoms with E-state index in [-0.39, 0.29) is 17.1 Å². The van der Waals surface area contributed by atoms with Crippen molar-refractivity contribution in [2.45, 2.75) is 11.3 Å². The molecule has 2 heterocycles. The summed E-state index contributed by atoms with van der Waals surface area (Å²) >= 11 is 0. The van der Waals surface area contributed by atoms with Gasteiger partial charge in [-0.05, 0) is 30.3 Å². The molecular formula is C16H13FN4O2S. The van der Waals surface area contributed by atoms with Gasteiger partial charge >= 0.3 is 0 Å². The van der Waals surface area contributed by atoms with E-state index in [9.17, 15) is 12.8 Å². The number of nitrogens with zero attached hydrogens (tertiary/aromatic N) is 2. The average Bonchev–Trinajstić information content (AvgIpc) is 2.96. The third-order valence-corrected chi connectivity index (χ3v) is 5.65. The Morgan fingerprint density at radius 3 is 2.88 bits per heavy atom. The molecule has 0 unspecified atom stereocenters. The Labute approximate surface area is 137 Å². The molecule has 0 spiro atoms. The number of H-pyrrole nitrogens is 1. The molecule has 0 radical (unpaired) electrons. The fourth-order valence-corrected chi connectivity index (χ4v) is 4.19. The van der Waals surface area contributed by atoms with Crippen LogP contribution in [0.25, 0.3) is 11.0 Å². The van der Waals surface area contributed by atoms with Crippen molar-refractivity contribution in [1.29, 1.82) is 0 Å². The van der Waals surface area contributed by atoms with Crippen molar-refractivity contribution in [2.75, 3.05) is 11.2 Å². The summed E-state index contributed by atoms with van der Waals surface area (Å²) in [6.07, 6.45) is 0.214. The maximum Gasteiger partial charge on any atom is 0.222 e. The van der Waals surface area contributed by atoms with E-state index in [1.807, 2.05) is 24.3 Å². The number of hydrogen-bond acceptors (Lipinski definition) is 5. The zero-order valence-electron chi connectivity index (χ0n) is 12.5.